The Bertz CT molecular complexity index is 452. The fourth-order valence-corrected chi connectivity index (χ4v) is 2.86. The van der Waals surface area contributed by atoms with E-state index in [-0.39, 0.29) is 12.5 Å². The summed E-state index contributed by atoms with van der Waals surface area (Å²) in [4.78, 5) is 23.6. The normalized spacial score (nSPS) is 18.7. The molecule has 0 aliphatic carbocycles. The third-order valence-corrected chi connectivity index (χ3v) is 3.84. The molecule has 0 unspecified atom stereocenters. The van der Waals surface area contributed by atoms with Crippen molar-refractivity contribution in [1.82, 2.24) is 15.6 Å². The number of hydrogen-bond acceptors (Lipinski definition) is 7. The van der Waals surface area contributed by atoms with Crippen molar-refractivity contribution in [2.45, 2.75) is 24.9 Å². The molecule has 5 N–H and O–H groups in total. The zero-order valence-corrected chi connectivity index (χ0v) is 12.1. The molecular formula is C10H17N7O3S. The largest absolute Gasteiger partial charge is 0.352 e. The molecule has 0 aromatic heterocycles. The summed E-state index contributed by atoms with van der Waals surface area (Å²) in [6.07, 6.45) is 0.851. The van der Waals surface area contributed by atoms with E-state index < -0.39 is 23.1 Å². The Hall–Kier alpha value is -2.06. The Morgan fingerprint density at radius 1 is 1.71 bits per heavy atom. The minimum atomic E-state index is -0.836. The minimum absolute atomic E-state index is 0.259. The van der Waals surface area contributed by atoms with Gasteiger partial charge in [0, 0.05) is 12.3 Å². The van der Waals surface area contributed by atoms with Crippen LogP contribution in [0, 0.1) is 26.9 Å². The van der Waals surface area contributed by atoms with E-state index in [2.05, 4.69) is 11.4 Å². The molecule has 0 aromatic rings. The van der Waals surface area contributed by atoms with Gasteiger partial charge in [-0.1, -0.05) is 5.43 Å². The summed E-state index contributed by atoms with van der Waals surface area (Å²) < 4.78 is 0. The van der Waals surface area contributed by atoms with Crippen LogP contribution in [0.5, 0.6) is 0 Å². The first-order chi connectivity index (χ1) is 9.95. The molecule has 1 aliphatic heterocycles. The van der Waals surface area contributed by atoms with Crippen molar-refractivity contribution in [3.63, 3.8) is 0 Å². The second kappa shape index (κ2) is 8.28. The van der Waals surface area contributed by atoms with Gasteiger partial charge in [0.15, 0.2) is 5.03 Å². The quantitative estimate of drug-likeness (QED) is 0.157. The van der Waals surface area contributed by atoms with Crippen LogP contribution in [0.1, 0.15) is 12.8 Å². The number of guanidine groups is 1. The Kier molecular flexibility index (Phi) is 6.70. The molecule has 0 bridgehead atoms. The number of nitrogens with one attached hydrogen (secondary N) is 3. The van der Waals surface area contributed by atoms with Crippen LogP contribution in [0.3, 0.4) is 0 Å². The molecule has 1 rings (SSSR count). The summed E-state index contributed by atoms with van der Waals surface area (Å²) >= 11 is 1.51. The van der Waals surface area contributed by atoms with Crippen LogP contribution in [-0.2, 0) is 4.79 Å². The molecule has 0 aromatic carbocycles. The van der Waals surface area contributed by atoms with Gasteiger partial charge in [-0.2, -0.15) is 5.26 Å². The molecule has 10 nitrogen and oxygen atoms in total. The molecule has 1 aliphatic rings. The lowest BCUT2D eigenvalue weighted by Gasteiger charge is -2.22. The molecule has 21 heavy (non-hydrogen) atoms. The topological polar surface area (TPSA) is 161 Å². The molecule has 1 saturated heterocycles. The van der Waals surface area contributed by atoms with E-state index in [0.717, 1.165) is 0 Å². The van der Waals surface area contributed by atoms with Crippen molar-refractivity contribution in [1.29, 1.82) is 10.7 Å². The molecule has 0 spiro atoms. The van der Waals surface area contributed by atoms with Gasteiger partial charge in [-0.25, -0.2) is 10.1 Å². The number of hydrazine groups is 1. The summed E-state index contributed by atoms with van der Waals surface area (Å²) in [5, 5.41) is 27.8. The van der Waals surface area contributed by atoms with Crippen LogP contribution in [-0.4, -0.2) is 52.1 Å². The van der Waals surface area contributed by atoms with Crippen molar-refractivity contribution in [2.75, 3.05) is 18.2 Å². The number of carbonyl (C=O) groups is 1. The maximum absolute atomic E-state index is 12.1. The zero-order chi connectivity index (χ0) is 15.8. The van der Waals surface area contributed by atoms with Gasteiger partial charge in [-0.05, 0) is 12.8 Å². The van der Waals surface area contributed by atoms with Gasteiger partial charge in [-0.3, -0.25) is 10.2 Å². The van der Waals surface area contributed by atoms with E-state index in [1.54, 1.807) is 5.43 Å². The van der Waals surface area contributed by atoms with Gasteiger partial charge >= 0.3 is 0 Å². The van der Waals surface area contributed by atoms with Gasteiger partial charge in [0.05, 0.1) is 18.0 Å². The number of nitro groups is 1. The maximum atomic E-state index is 12.1. The fourth-order valence-electron chi connectivity index (χ4n) is 1.77. The lowest BCUT2D eigenvalue weighted by molar-refractivity contribution is -0.525. The number of amides is 1. The Balaban J connectivity index is 2.26. The summed E-state index contributed by atoms with van der Waals surface area (Å²) in [6, 6.07) is 0.930. The molecule has 116 valence electrons. The van der Waals surface area contributed by atoms with Crippen LogP contribution in [0.4, 0.5) is 0 Å². The molecule has 1 fully saturated rings. The van der Waals surface area contributed by atoms with Gasteiger partial charge < -0.3 is 16.0 Å². The number of nitrogens with two attached hydrogens (primary N) is 1. The van der Waals surface area contributed by atoms with E-state index >= 15 is 0 Å². The van der Waals surface area contributed by atoms with E-state index in [9.17, 15) is 14.9 Å². The highest BCUT2D eigenvalue weighted by Gasteiger charge is 2.31. The van der Waals surface area contributed by atoms with Gasteiger partial charge in [-0.15, -0.1) is 11.8 Å². The first-order valence-corrected chi connectivity index (χ1v) is 7.38. The SMILES string of the molecule is N#C[C@@H]1CSCN1C(=O)[C@@H](N)CCCNC(=N)N[N+](=O)[O-]. The van der Waals surface area contributed by atoms with Crippen LogP contribution in [0.25, 0.3) is 0 Å². The average molecular weight is 315 g/mol. The molecule has 11 heteroatoms. The third-order valence-electron chi connectivity index (χ3n) is 2.83. The average Bonchev–Trinajstić information content (AvgIpc) is 2.90. The summed E-state index contributed by atoms with van der Waals surface area (Å²) in [5.41, 5.74) is 7.46. The highest BCUT2D eigenvalue weighted by Crippen LogP contribution is 2.21. The number of carbonyl (C=O) groups excluding carboxylic acids is 1. The number of hydrogen-bond donors (Lipinski definition) is 4. The number of thioether (sulfide) groups is 1. The third kappa shape index (κ3) is 5.44. The second-order valence-corrected chi connectivity index (χ2v) is 5.37. The molecular weight excluding hydrogens is 298 g/mol. The molecule has 1 heterocycles. The Morgan fingerprint density at radius 2 is 2.43 bits per heavy atom. The smallest absolute Gasteiger partial charge is 0.251 e. The highest BCUT2D eigenvalue weighted by molar-refractivity contribution is 7.99. The summed E-state index contributed by atoms with van der Waals surface area (Å²) in [7, 11) is 0. The lowest BCUT2D eigenvalue weighted by atomic mass is 10.1. The number of nitriles is 1. The van der Waals surface area contributed by atoms with Gasteiger partial charge in [0.2, 0.25) is 5.91 Å². The summed E-state index contributed by atoms with van der Waals surface area (Å²) in [6.45, 7) is 0.289. The molecule has 0 saturated carbocycles. The lowest BCUT2D eigenvalue weighted by Crippen LogP contribution is -2.46. The first kappa shape index (κ1) is 17.0. The first-order valence-electron chi connectivity index (χ1n) is 6.22. The molecule has 2 atom stereocenters. The van der Waals surface area contributed by atoms with Crippen LogP contribution in [0.15, 0.2) is 0 Å². The summed E-state index contributed by atoms with van der Waals surface area (Å²) in [5.74, 6) is 0.395. The molecule has 0 radical (unpaired) electrons. The standard InChI is InChI=1S/C10H17N7O3S/c11-4-7-5-21-6-16(7)9(18)8(12)2-1-3-14-10(13)15-17(19)20/h7-8H,1-3,5-6,12H2,(H3,13,14,15)/t7-,8+/m1/s1. The maximum Gasteiger partial charge on any atom is 0.251 e. The van der Waals surface area contributed by atoms with E-state index in [1.807, 2.05) is 0 Å². The second-order valence-electron chi connectivity index (χ2n) is 4.37. The zero-order valence-electron chi connectivity index (χ0n) is 11.2. The van der Waals surface area contributed by atoms with Gasteiger partial charge in [0.1, 0.15) is 6.04 Å². The number of rotatable bonds is 6. The Labute approximate surface area is 125 Å². The van der Waals surface area contributed by atoms with Crippen LogP contribution in [0.2, 0.25) is 0 Å². The predicted molar refractivity (Wildman–Crippen MR) is 76.6 cm³/mol. The van der Waals surface area contributed by atoms with E-state index in [0.29, 0.717) is 24.5 Å². The predicted octanol–water partition coefficient (Wildman–Crippen LogP) is -1.18. The van der Waals surface area contributed by atoms with Crippen molar-refractivity contribution >= 4 is 23.6 Å². The monoisotopic (exact) mass is 315 g/mol. The molecule has 1 amide bonds. The number of nitrogens with zero attached hydrogens (tertiary/aromatic N) is 3. The highest BCUT2D eigenvalue weighted by atomic mass is 32.2. The van der Waals surface area contributed by atoms with Crippen LogP contribution >= 0.6 is 11.8 Å². The van der Waals surface area contributed by atoms with Gasteiger partial charge in [0.25, 0.3) is 5.96 Å². The van der Waals surface area contributed by atoms with E-state index in [4.69, 9.17) is 16.4 Å². The van der Waals surface area contributed by atoms with Crippen molar-refractivity contribution in [3.8, 4) is 6.07 Å². The minimum Gasteiger partial charge on any atom is -0.352 e. The van der Waals surface area contributed by atoms with E-state index in [1.165, 1.54) is 16.7 Å². The fraction of sp³-hybridized carbons (Fsp3) is 0.700. The van der Waals surface area contributed by atoms with Crippen molar-refractivity contribution < 1.29 is 9.83 Å². The van der Waals surface area contributed by atoms with Crippen molar-refractivity contribution in [3.05, 3.63) is 10.1 Å². The van der Waals surface area contributed by atoms with Crippen molar-refractivity contribution in [2.24, 2.45) is 5.73 Å². The van der Waals surface area contributed by atoms with Crippen LogP contribution < -0.4 is 16.5 Å². The Morgan fingerprint density at radius 3 is 3.05 bits per heavy atom.